The quantitative estimate of drug-likeness (QED) is 0.773. The van der Waals surface area contributed by atoms with E-state index in [1.165, 1.54) is 12.8 Å². The normalized spacial score (nSPS) is 15.6. The first-order chi connectivity index (χ1) is 7.70. The van der Waals surface area contributed by atoms with E-state index in [0.29, 0.717) is 18.2 Å². The molecule has 5 heteroatoms. The first kappa shape index (κ1) is 11.6. The number of primary amides is 1. The second kappa shape index (κ2) is 4.95. The van der Waals surface area contributed by atoms with Crippen LogP contribution in [0.3, 0.4) is 0 Å². The van der Waals surface area contributed by atoms with Crippen LogP contribution >= 0.6 is 11.3 Å². The van der Waals surface area contributed by atoms with Crippen molar-refractivity contribution in [3.8, 4) is 0 Å². The number of carbonyl (C=O) groups is 1. The van der Waals surface area contributed by atoms with Crippen molar-refractivity contribution in [1.29, 1.82) is 0 Å². The molecular formula is C11H16N2O2S. The second-order valence-corrected chi connectivity index (χ2v) is 5.09. The van der Waals surface area contributed by atoms with Gasteiger partial charge in [0.25, 0.3) is 0 Å². The van der Waals surface area contributed by atoms with Crippen molar-refractivity contribution in [2.24, 2.45) is 5.73 Å². The van der Waals surface area contributed by atoms with Crippen molar-refractivity contribution in [3.63, 3.8) is 0 Å². The lowest BCUT2D eigenvalue weighted by atomic mass is 10.3. The van der Waals surface area contributed by atoms with Gasteiger partial charge < -0.3 is 10.8 Å². The Hall–Kier alpha value is -0.910. The SMILES string of the molecule is NC(=O)c1csc(CN(CCO)C2CC2)c1. The van der Waals surface area contributed by atoms with Gasteiger partial charge in [0.1, 0.15) is 0 Å². The number of carbonyl (C=O) groups excluding carboxylic acids is 1. The molecule has 0 radical (unpaired) electrons. The number of aliphatic hydroxyl groups excluding tert-OH is 1. The minimum Gasteiger partial charge on any atom is -0.395 e. The van der Waals surface area contributed by atoms with Crippen LogP contribution < -0.4 is 5.73 Å². The summed E-state index contributed by atoms with van der Waals surface area (Å²) in [6.45, 7) is 1.70. The van der Waals surface area contributed by atoms with Crippen LogP contribution in [0.5, 0.6) is 0 Å². The molecule has 4 nitrogen and oxygen atoms in total. The zero-order valence-electron chi connectivity index (χ0n) is 9.06. The second-order valence-electron chi connectivity index (χ2n) is 4.09. The maximum absolute atomic E-state index is 10.9. The zero-order valence-corrected chi connectivity index (χ0v) is 9.87. The molecule has 3 N–H and O–H groups in total. The molecule has 0 aromatic carbocycles. The van der Waals surface area contributed by atoms with E-state index in [-0.39, 0.29) is 12.5 Å². The van der Waals surface area contributed by atoms with Gasteiger partial charge in [-0.05, 0) is 18.9 Å². The van der Waals surface area contributed by atoms with Crippen LogP contribution in [0.4, 0.5) is 0 Å². The number of thiophene rings is 1. The van der Waals surface area contributed by atoms with Gasteiger partial charge >= 0.3 is 0 Å². The summed E-state index contributed by atoms with van der Waals surface area (Å²) in [6.07, 6.45) is 2.43. The fourth-order valence-electron chi connectivity index (χ4n) is 1.75. The molecule has 0 bridgehead atoms. The number of amides is 1. The van der Waals surface area contributed by atoms with E-state index in [1.54, 1.807) is 16.7 Å². The molecule has 2 rings (SSSR count). The average Bonchev–Trinajstić information content (AvgIpc) is 2.98. The summed E-state index contributed by atoms with van der Waals surface area (Å²) in [5.74, 6) is -0.373. The molecule has 1 heterocycles. The van der Waals surface area contributed by atoms with Crippen molar-refractivity contribution in [2.75, 3.05) is 13.2 Å². The van der Waals surface area contributed by atoms with Crippen molar-refractivity contribution in [1.82, 2.24) is 4.90 Å². The number of rotatable bonds is 6. The van der Waals surface area contributed by atoms with E-state index in [4.69, 9.17) is 10.8 Å². The predicted octanol–water partition coefficient (Wildman–Crippen LogP) is 0.804. The van der Waals surface area contributed by atoms with Gasteiger partial charge in [-0.3, -0.25) is 9.69 Å². The van der Waals surface area contributed by atoms with Gasteiger partial charge in [0.15, 0.2) is 0 Å². The van der Waals surface area contributed by atoms with Crippen molar-refractivity contribution in [2.45, 2.75) is 25.4 Å². The lowest BCUT2D eigenvalue weighted by molar-refractivity contribution is 0.100. The van der Waals surface area contributed by atoms with Crippen LogP contribution in [0.2, 0.25) is 0 Å². The topological polar surface area (TPSA) is 66.6 Å². The molecule has 1 fully saturated rings. The monoisotopic (exact) mass is 240 g/mol. The van der Waals surface area contributed by atoms with E-state index in [0.717, 1.165) is 11.4 Å². The van der Waals surface area contributed by atoms with Gasteiger partial charge in [-0.1, -0.05) is 0 Å². The van der Waals surface area contributed by atoms with Gasteiger partial charge in [-0.25, -0.2) is 0 Å². The molecule has 0 aliphatic heterocycles. The number of aliphatic hydroxyl groups is 1. The summed E-state index contributed by atoms with van der Waals surface area (Å²) < 4.78 is 0. The molecule has 0 saturated heterocycles. The Balaban J connectivity index is 1.97. The highest BCUT2D eigenvalue weighted by atomic mass is 32.1. The van der Waals surface area contributed by atoms with Gasteiger partial charge in [0, 0.05) is 29.4 Å². The minimum atomic E-state index is -0.373. The highest BCUT2D eigenvalue weighted by Crippen LogP contribution is 2.29. The standard InChI is InChI=1S/C11H16N2O2S/c12-11(15)8-5-10(16-7-8)6-13(3-4-14)9-1-2-9/h5,7,9,14H,1-4,6H2,(H2,12,15). The molecule has 1 amide bonds. The number of nitrogens with zero attached hydrogens (tertiary/aromatic N) is 1. The zero-order chi connectivity index (χ0) is 11.5. The molecule has 1 aromatic heterocycles. The predicted molar refractivity (Wildman–Crippen MR) is 63.4 cm³/mol. The molecule has 16 heavy (non-hydrogen) atoms. The summed E-state index contributed by atoms with van der Waals surface area (Å²) in [4.78, 5) is 14.3. The van der Waals surface area contributed by atoms with Crippen LogP contribution in [-0.4, -0.2) is 35.1 Å². The van der Waals surface area contributed by atoms with E-state index < -0.39 is 0 Å². The lowest BCUT2D eigenvalue weighted by Crippen LogP contribution is -2.28. The molecule has 0 atom stereocenters. The molecule has 88 valence electrons. The molecule has 0 spiro atoms. The Kier molecular flexibility index (Phi) is 3.58. The summed E-state index contributed by atoms with van der Waals surface area (Å²) in [5.41, 5.74) is 5.79. The highest BCUT2D eigenvalue weighted by Gasteiger charge is 2.28. The van der Waals surface area contributed by atoms with Crippen LogP contribution in [0.15, 0.2) is 11.4 Å². The fraction of sp³-hybridized carbons (Fsp3) is 0.545. The minimum absolute atomic E-state index is 0.185. The molecule has 1 aliphatic rings. The van der Waals surface area contributed by atoms with E-state index in [9.17, 15) is 4.79 Å². The van der Waals surface area contributed by atoms with Crippen molar-refractivity contribution in [3.05, 3.63) is 21.9 Å². The Bertz CT molecular complexity index is 374. The van der Waals surface area contributed by atoms with Crippen molar-refractivity contribution >= 4 is 17.2 Å². The van der Waals surface area contributed by atoms with Gasteiger partial charge in [-0.2, -0.15) is 0 Å². The van der Waals surface area contributed by atoms with Crippen LogP contribution in [0, 0.1) is 0 Å². The van der Waals surface area contributed by atoms with Crippen LogP contribution in [0.25, 0.3) is 0 Å². The Labute approximate surface area is 98.7 Å². The summed E-state index contributed by atoms with van der Waals surface area (Å²) in [6, 6.07) is 2.46. The highest BCUT2D eigenvalue weighted by molar-refractivity contribution is 7.10. The summed E-state index contributed by atoms with van der Waals surface area (Å²) in [7, 11) is 0. The first-order valence-electron chi connectivity index (χ1n) is 5.43. The number of hydrogen-bond donors (Lipinski definition) is 2. The maximum atomic E-state index is 10.9. The van der Waals surface area contributed by atoms with Crippen LogP contribution in [-0.2, 0) is 6.54 Å². The molecule has 1 saturated carbocycles. The van der Waals surface area contributed by atoms with Gasteiger partial charge in [0.05, 0.1) is 12.2 Å². The third-order valence-corrected chi connectivity index (χ3v) is 3.67. The molecule has 1 aromatic rings. The van der Waals surface area contributed by atoms with Crippen molar-refractivity contribution < 1.29 is 9.90 Å². The summed E-state index contributed by atoms with van der Waals surface area (Å²) in [5, 5.41) is 10.8. The molecule has 1 aliphatic carbocycles. The molecular weight excluding hydrogens is 224 g/mol. The number of nitrogens with two attached hydrogens (primary N) is 1. The fourth-order valence-corrected chi connectivity index (χ4v) is 2.65. The average molecular weight is 240 g/mol. The third kappa shape index (κ3) is 2.81. The number of hydrogen-bond acceptors (Lipinski definition) is 4. The first-order valence-corrected chi connectivity index (χ1v) is 6.31. The Morgan fingerprint density at radius 2 is 2.38 bits per heavy atom. The lowest BCUT2D eigenvalue weighted by Gasteiger charge is -2.19. The maximum Gasteiger partial charge on any atom is 0.249 e. The van der Waals surface area contributed by atoms with Gasteiger partial charge in [0.2, 0.25) is 5.91 Å². The van der Waals surface area contributed by atoms with Crippen LogP contribution in [0.1, 0.15) is 28.1 Å². The van der Waals surface area contributed by atoms with Gasteiger partial charge in [-0.15, -0.1) is 11.3 Å². The van der Waals surface area contributed by atoms with E-state index >= 15 is 0 Å². The largest absolute Gasteiger partial charge is 0.395 e. The Morgan fingerprint density at radius 3 is 2.88 bits per heavy atom. The van der Waals surface area contributed by atoms with E-state index in [1.807, 2.05) is 6.07 Å². The Morgan fingerprint density at radius 1 is 1.62 bits per heavy atom. The summed E-state index contributed by atoms with van der Waals surface area (Å²) >= 11 is 1.55. The third-order valence-electron chi connectivity index (χ3n) is 2.75. The smallest absolute Gasteiger partial charge is 0.249 e. The molecule has 0 unspecified atom stereocenters. The van der Waals surface area contributed by atoms with E-state index in [2.05, 4.69) is 4.90 Å².